The predicted octanol–water partition coefficient (Wildman–Crippen LogP) is 3.06. The number of piperazine rings is 1. The number of para-hydroxylation sites is 2. The minimum absolute atomic E-state index is 0.0110. The highest BCUT2D eigenvalue weighted by atomic mass is 32.2. The molecule has 5 nitrogen and oxygen atoms in total. The van der Waals surface area contributed by atoms with E-state index < -0.39 is 0 Å². The van der Waals surface area contributed by atoms with Gasteiger partial charge in [-0.1, -0.05) is 30.3 Å². The number of carbonyl (C=O) groups excluding carboxylic acids is 1. The first-order chi connectivity index (χ1) is 12.8. The maximum absolute atomic E-state index is 12.4. The molecular formula is C20H22N4OS. The van der Waals surface area contributed by atoms with Gasteiger partial charge in [-0.25, -0.2) is 0 Å². The van der Waals surface area contributed by atoms with Crippen molar-refractivity contribution in [2.24, 2.45) is 0 Å². The Labute approximate surface area is 158 Å². The van der Waals surface area contributed by atoms with E-state index in [0.29, 0.717) is 12.3 Å². The SMILES string of the molecule is N#CCSc1ccccc1NC(=O)CN1CCN(c2ccccc2)CC1. The molecule has 1 saturated heterocycles. The summed E-state index contributed by atoms with van der Waals surface area (Å²) in [5.74, 6) is 0.358. The van der Waals surface area contributed by atoms with Gasteiger partial charge in [0.1, 0.15) is 0 Å². The second-order valence-electron chi connectivity index (χ2n) is 6.09. The highest BCUT2D eigenvalue weighted by Crippen LogP contribution is 2.26. The van der Waals surface area contributed by atoms with Gasteiger partial charge in [-0.15, -0.1) is 11.8 Å². The van der Waals surface area contributed by atoms with Crippen LogP contribution in [0.3, 0.4) is 0 Å². The van der Waals surface area contributed by atoms with E-state index in [1.165, 1.54) is 17.4 Å². The van der Waals surface area contributed by atoms with Crippen molar-refractivity contribution in [1.82, 2.24) is 4.90 Å². The zero-order chi connectivity index (χ0) is 18.2. The Hall–Kier alpha value is -2.49. The third-order valence-corrected chi connectivity index (χ3v) is 5.25. The van der Waals surface area contributed by atoms with Crippen LogP contribution in [0.4, 0.5) is 11.4 Å². The van der Waals surface area contributed by atoms with Crippen molar-refractivity contribution in [3.05, 3.63) is 54.6 Å². The molecule has 0 bridgehead atoms. The van der Waals surface area contributed by atoms with Crippen LogP contribution < -0.4 is 10.2 Å². The summed E-state index contributed by atoms with van der Waals surface area (Å²) in [7, 11) is 0. The molecule has 0 aromatic heterocycles. The zero-order valence-electron chi connectivity index (χ0n) is 14.6. The van der Waals surface area contributed by atoms with Gasteiger partial charge in [-0.2, -0.15) is 5.26 Å². The van der Waals surface area contributed by atoms with Gasteiger partial charge in [0.15, 0.2) is 0 Å². The number of thioether (sulfide) groups is 1. The molecule has 2 aromatic rings. The smallest absolute Gasteiger partial charge is 0.238 e. The van der Waals surface area contributed by atoms with E-state index in [0.717, 1.165) is 36.8 Å². The van der Waals surface area contributed by atoms with Gasteiger partial charge >= 0.3 is 0 Å². The van der Waals surface area contributed by atoms with E-state index in [1.54, 1.807) is 0 Å². The van der Waals surface area contributed by atoms with E-state index in [9.17, 15) is 4.79 Å². The van der Waals surface area contributed by atoms with Crippen molar-refractivity contribution in [2.75, 3.05) is 48.7 Å². The zero-order valence-corrected chi connectivity index (χ0v) is 15.4. The minimum atomic E-state index is -0.0110. The van der Waals surface area contributed by atoms with Crippen molar-refractivity contribution < 1.29 is 4.79 Å². The van der Waals surface area contributed by atoms with Gasteiger partial charge in [0.05, 0.1) is 24.1 Å². The lowest BCUT2D eigenvalue weighted by Crippen LogP contribution is -2.48. The summed E-state index contributed by atoms with van der Waals surface area (Å²) in [6.45, 7) is 3.97. The second-order valence-corrected chi connectivity index (χ2v) is 7.11. The van der Waals surface area contributed by atoms with Gasteiger partial charge < -0.3 is 10.2 Å². The fraction of sp³-hybridized carbons (Fsp3) is 0.300. The molecule has 1 amide bonds. The van der Waals surface area contributed by atoms with E-state index in [2.05, 4.69) is 45.5 Å². The number of amides is 1. The molecule has 0 atom stereocenters. The van der Waals surface area contributed by atoms with Crippen molar-refractivity contribution >= 4 is 29.0 Å². The lowest BCUT2D eigenvalue weighted by molar-refractivity contribution is -0.117. The van der Waals surface area contributed by atoms with Crippen molar-refractivity contribution in [3.8, 4) is 6.07 Å². The first kappa shape index (κ1) is 18.3. The number of rotatable bonds is 6. The van der Waals surface area contributed by atoms with E-state index in [-0.39, 0.29) is 5.91 Å². The number of hydrogen-bond acceptors (Lipinski definition) is 5. The summed E-state index contributed by atoms with van der Waals surface area (Å²) < 4.78 is 0. The fourth-order valence-electron chi connectivity index (χ4n) is 3.00. The molecule has 3 rings (SSSR count). The van der Waals surface area contributed by atoms with Crippen LogP contribution in [-0.4, -0.2) is 49.3 Å². The van der Waals surface area contributed by atoms with Gasteiger partial charge in [-0.05, 0) is 24.3 Å². The highest BCUT2D eigenvalue weighted by molar-refractivity contribution is 7.99. The number of anilines is 2. The third kappa shape index (κ3) is 5.01. The monoisotopic (exact) mass is 366 g/mol. The number of nitrogens with zero attached hydrogens (tertiary/aromatic N) is 3. The molecule has 134 valence electrons. The molecule has 0 saturated carbocycles. The molecule has 2 aromatic carbocycles. The number of nitriles is 1. The predicted molar refractivity (Wildman–Crippen MR) is 107 cm³/mol. The first-order valence-electron chi connectivity index (χ1n) is 8.67. The number of benzene rings is 2. The van der Waals surface area contributed by atoms with Crippen molar-refractivity contribution in [1.29, 1.82) is 5.26 Å². The van der Waals surface area contributed by atoms with Crippen LogP contribution >= 0.6 is 11.8 Å². The number of hydrogen-bond donors (Lipinski definition) is 1. The molecule has 0 spiro atoms. The summed E-state index contributed by atoms with van der Waals surface area (Å²) in [5, 5.41) is 11.7. The van der Waals surface area contributed by atoms with Crippen LogP contribution in [0.5, 0.6) is 0 Å². The van der Waals surface area contributed by atoms with Crippen LogP contribution in [0.2, 0.25) is 0 Å². The van der Waals surface area contributed by atoms with Crippen LogP contribution in [0.1, 0.15) is 0 Å². The Morgan fingerprint density at radius 3 is 2.46 bits per heavy atom. The standard InChI is InChI=1S/C20H22N4OS/c21-10-15-26-19-9-5-4-8-18(19)22-20(25)16-23-11-13-24(14-12-23)17-6-2-1-3-7-17/h1-9H,11-16H2,(H,22,25). The quantitative estimate of drug-likeness (QED) is 0.796. The van der Waals surface area contributed by atoms with Crippen LogP contribution in [0.25, 0.3) is 0 Å². The molecule has 0 aliphatic carbocycles. The molecular weight excluding hydrogens is 344 g/mol. The normalized spacial score (nSPS) is 14.7. The average Bonchev–Trinajstić information content (AvgIpc) is 2.68. The molecule has 0 radical (unpaired) electrons. The first-order valence-corrected chi connectivity index (χ1v) is 9.66. The molecule has 6 heteroatoms. The summed E-state index contributed by atoms with van der Waals surface area (Å²) in [5.41, 5.74) is 2.01. The van der Waals surface area contributed by atoms with Gasteiger partial charge in [-0.3, -0.25) is 9.69 Å². The van der Waals surface area contributed by atoms with Crippen molar-refractivity contribution in [2.45, 2.75) is 4.90 Å². The molecule has 1 N–H and O–H groups in total. The van der Waals surface area contributed by atoms with E-state index in [4.69, 9.17) is 5.26 Å². The van der Waals surface area contributed by atoms with Crippen LogP contribution in [0.15, 0.2) is 59.5 Å². The molecule has 1 aliphatic rings. The fourth-order valence-corrected chi connectivity index (χ4v) is 3.67. The topological polar surface area (TPSA) is 59.4 Å². The maximum Gasteiger partial charge on any atom is 0.238 e. The second kappa shape index (κ2) is 9.27. The Balaban J connectivity index is 1.50. The molecule has 0 unspecified atom stereocenters. The molecule has 1 heterocycles. The Morgan fingerprint density at radius 1 is 1.04 bits per heavy atom. The maximum atomic E-state index is 12.4. The number of carbonyl (C=O) groups is 1. The summed E-state index contributed by atoms with van der Waals surface area (Å²) in [6, 6.07) is 20.1. The van der Waals surface area contributed by atoms with E-state index in [1.807, 2.05) is 30.3 Å². The summed E-state index contributed by atoms with van der Waals surface area (Å²) in [6.07, 6.45) is 0. The lowest BCUT2D eigenvalue weighted by Gasteiger charge is -2.35. The largest absolute Gasteiger partial charge is 0.369 e. The molecule has 1 aliphatic heterocycles. The van der Waals surface area contributed by atoms with Gasteiger partial charge in [0, 0.05) is 36.8 Å². The van der Waals surface area contributed by atoms with Gasteiger partial charge in [0.2, 0.25) is 5.91 Å². The Kier molecular flexibility index (Phi) is 6.53. The van der Waals surface area contributed by atoms with Crippen LogP contribution in [0, 0.1) is 11.3 Å². The lowest BCUT2D eigenvalue weighted by atomic mass is 10.2. The van der Waals surface area contributed by atoms with Crippen molar-refractivity contribution in [3.63, 3.8) is 0 Å². The minimum Gasteiger partial charge on any atom is -0.369 e. The average molecular weight is 366 g/mol. The van der Waals surface area contributed by atoms with Crippen LogP contribution in [-0.2, 0) is 4.79 Å². The third-order valence-electron chi connectivity index (χ3n) is 4.31. The number of nitrogens with one attached hydrogen (secondary N) is 1. The summed E-state index contributed by atoms with van der Waals surface area (Å²) in [4.78, 5) is 17.9. The summed E-state index contributed by atoms with van der Waals surface area (Å²) >= 11 is 1.44. The van der Waals surface area contributed by atoms with Gasteiger partial charge in [0.25, 0.3) is 0 Å². The molecule has 26 heavy (non-hydrogen) atoms. The highest BCUT2D eigenvalue weighted by Gasteiger charge is 2.19. The van der Waals surface area contributed by atoms with E-state index >= 15 is 0 Å². The Morgan fingerprint density at radius 2 is 1.73 bits per heavy atom. The molecule has 1 fully saturated rings. The Bertz CT molecular complexity index is 767.